The minimum absolute atomic E-state index is 0.0253. The van der Waals surface area contributed by atoms with Crippen molar-refractivity contribution < 1.29 is 4.79 Å². The quantitative estimate of drug-likeness (QED) is 0.862. The lowest BCUT2D eigenvalue weighted by Crippen LogP contribution is -2.28. The van der Waals surface area contributed by atoms with E-state index in [9.17, 15) is 4.79 Å². The van der Waals surface area contributed by atoms with Crippen LogP contribution in [0.3, 0.4) is 0 Å². The van der Waals surface area contributed by atoms with Gasteiger partial charge in [0, 0.05) is 5.02 Å². The van der Waals surface area contributed by atoms with Gasteiger partial charge >= 0.3 is 0 Å². The number of thioether (sulfide) groups is 1. The number of nitrogens with one attached hydrogen (secondary N) is 1. The van der Waals surface area contributed by atoms with Crippen LogP contribution in [0.2, 0.25) is 5.02 Å². The van der Waals surface area contributed by atoms with E-state index in [1.54, 1.807) is 5.51 Å². The Labute approximate surface area is 124 Å². The third-order valence-corrected chi connectivity index (χ3v) is 4.53. The van der Waals surface area contributed by atoms with Gasteiger partial charge in [-0.25, -0.2) is 0 Å². The van der Waals surface area contributed by atoms with Crippen LogP contribution in [-0.2, 0) is 4.79 Å². The number of benzene rings is 1. The van der Waals surface area contributed by atoms with Crippen molar-refractivity contribution in [3.63, 3.8) is 0 Å². The summed E-state index contributed by atoms with van der Waals surface area (Å²) in [5, 5.41) is 11.2. The number of rotatable bonds is 5. The van der Waals surface area contributed by atoms with E-state index >= 15 is 0 Å². The topological polar surface area (TPSA) is 54.9 Å². The van der Waals surface area contributed by atoms with Gasteiger partial charge < -0.3 is 5.32 Å². The van der Waals surface area contributed by atoms with Crippen LogP contribution in [0.25, 0.3) is 0 Å². The second-order valence-corrected chi connectivity index (χ2v) is 6.33. The lowest BCUT2D eigenvalue weighted by atomic mass is 10.1. The van der Waals surface area contributed by atoms with Crippen molar-refractivity contribution in [1.29, 1.82) is 0 Å². The molecule has 0 aliphatic rings. The van der Waals surface area contributed by atoms with Crippen LogP contribution >= 0.6 is 34.7 Å². The van der Waals surface area contributed by atoms with E-state index in [2.05, 4.69) is 15.5 Å². The molecule has 2 aromatic rings. The molecule has 19 heavy (non-hydrogen) atoms. The summed E-state index contributed by atoms with van der Waals surface area (Å²) >= 11 is 8.64. The molecule has 1 N–H and O–H groups in total. The second-order valence-electron chi connectivity index (χ2n) is 3.83. The van der Waals surface area contributed by atoms with Gasteiger partial charge in [0.25, 0.3) is 0 Å². The molecule has 0 aliphatic carbocycles. The molecule has 4 nitrogen and oxygen atoms in total. The number of carbonyl (C=O) groups excluding carboxylic acids is 1. The van der Waals surface area contributed by atoms with Gasteiger partial charge in [-0.1, -0.05) is 46.8 Å². The number of amides is 1. The van der Waals surface area contributed by atoms with Crippen molar-refractivity contribution in [2.75, 3.05) is 5.75 Å². The van der Waals surface area contributed by atoms with Crippen LogP contribution in [0.5, 0.6) is 0 Å². The van der Waals surface area contributed by atoms with Crippen molar-refractivity contribution >= 4 is 40.6 Å². The Balaban J connectivity index is 1.83. The number of halogens is 1. The normalized spacial score (nSPS) is 12.1. The molecule has 1 atom stereocenters. The smallest absolute Gasteiger partial charge is 0.230 e. The van der Waals surface area contributed by atoms with E-state index in [-0.39, 0.29) is 11.9 Å². The molecule has 0 fully saturated rings. The summed E-state index contributed by atoms with van der Waals surface area (Å²) in [6.07, 6.45) is 0. The van der Waals surface area contributed by atoms with E-state index < -0.39 is 0 Å². The summed E-state index contributed by atoms with van der Waals surface area (Å²) in [7, 11) is 0. The molecule has 0 bridgehead atoms. The van der Waals surface area contributed by atoms with E-state index in [1.807, 2.05) is 31.2 Å². The standard InChI is InChI=1S/C12H12ClN3OS2/c1-8(9-2-4-10(13)5-3-9)15-11(17)6-18-12-16-14-7-19-12/h2-5,7-8H,6H2,1H3,(H,15,17)/t8-/m1/s1. The molecule has 1 amide bonds. The molecule has 0 aliphatic heterocycles. The van der Waals surface area contributed by atoms with Crippen LogP contribution < -0.4 is 5.32 Å². The Morgan fingerprint density at radius 1 is 1.47 bits per heavy atom. The SMILES string of the molecule is C[C@@H](NC(=O)CSc1nncs1)c1ccc(Cl)cc1. The molecule has 0 unspecified atom stereocenters. The maximum atomic E-state index is 11.8. The minimum atomic E-state index is -0.0419. The van der Waals surface area contributed by atoms with Gasteiger partial charge in [-0.15, -0.1) is 10.2 Å². The molecule has 0 saturated heterocycles. The van der Waals surface area contributed by atoms with Crippen molar-refractivity contribution in [1.82, 2.24) is 15.5 Å². The first-order valence-electron chi connectivity index (χ1n) is 5.59. The van der Waals surface area contributed by atoms with Gasteiger partial charge in [0.1, 0.15) is 5.51 Å². The summed E-state index contributed by atoms with van der Waals surface area (Å²) < 4.78 is 0.800. The number of hydrogen-bond donors (Lipinski definition) is 1. The van der Waals surface area contributed by atoms with Crippen LogP contribution in [0.15, 0.2) is 34.1 Å². The molecule has 7 heteroatoms. The molecule has 1 aromatic heterocycles. The number of carbonyl (C=O) groups is 1. The summed E-state index contributed by atoms with van der Waals surface area (Å²) in [6, 6.07) is 7.40. The molecule has 0 saturated carbocycles. The molecule has 100 valence electrons. The average molecular weight is 314 g/mol. The number of aromatic nitrogens is 2. The van der Waals surface area contributed by atoms with Gasteiger partial charge in [-0.2, -0.15) is 0 Å². The Kier molecular flexibility index (Phi) is 5.18. The molecule has 0 spiro atoms. The molecule has 1 aromatic carbocycles. The fourth-order valence-electron chi connectivity index (χ4n) is 1.47. The summed E-state index contributed by atoms with van der Waals surface area (Å²) in [6.45, 7) is 1.94. The van der Waals surface area contributed by atoms with Gasteiger partial charge in [0.05, 0.1) is 11.8 Å². The van der Waals surface area contributed by atoms with Gasteiger partial charge in [-0.3, -0.25) is 4.79 Å². The van der Waals surface area contributed by atoms with Crippen molar-refractivity contribution in [2.24, 2.45) is 0 Å². The summed E-state index contributed by atoms with van der Waals surface area (Å²) in [4.78, 5) is 11.8. The Bertz CT molecular complexity index is 530. The highest BCUT2D eigenvalue weighted by molar-refractivity contribution is 8.01. The van der Waals surface area contributed by atoms with E-state index in [0.29, 0.717) is 10.8 Å². The minimum Gasteiger partial charge on any atom is -0.349 e. The molecule has 2 rings (SSSR count). The molecule has 0 radical (unpaired) electrons. The van der Waals surface area contributed by atoms with E-state index in [0.717, 1.165) is 9.90 Å². The summed E-state index contributed by atoms with van der Waals surface area (Å²) in [5.41, 5.74) is 2.68. The maximum absolute atomic E-state index is 11.8. The zero-order chi connectivity index (χ0) is 13.7. The third-order valence-electron chi connectivity index (χ3n) is 2.41. The average Bonchev–Trinajstić information content (AvgIpc) is 2.90. The second kappa shape index (κ2) is 6.88. The maximum Gasteiger partial charge on any atom is 0.230 e. The zero-order valence-corrected chi connectivity index (χ0v) is 12.6. The van der Waals surface area contributed by atoms with Crippen molar-refractivity contribution in [3.05, 3.63) is 40.4 Å². The molecule has 1 heterocycles. The van der Waals surface area contributed by atoms with Crippen LogP contribution in [-0.4, -0.2) is 21.9 Å². The summed E-state index contributed by atoms with van der Waals surface area (Å²) in [5.74, 6) is 0.315. The Morgan fingerprint density at radius 2 is 2.21 bits per heavy atom. The zero-order valence-electron chi connectivity index (χ0n) is 10.2. The Hall–Kier alpha value is -1.11. The van der Waals surface area contributed by atoms with E-state index in [4.69, 9.17) is 11.6 Å². The molecular formula is C12H12ClN3OS2. The number of hydrogen-bond acceptors (Lipinski definition) is 5. The van der Waals surface area contributed by atoms with Crippen LogP contribution in [0.1, 0.15) is 18.5 Å². The first-order chi connectivity index (χ1) is 9.15. The van der Waals surface area contributed by atoms with Crippen molar-refractivity contribution in [3.8, 4) is 0 Å². The monoisotopic (exact) mass is 313 g/mol. The van der Waals surface area contributed by atoms with Gasteiger partial charge in [-0.05, 0) is 24.6 Å². The fraction of sp³-hybridized carbons (Fsp3) is 0.250. The fourth-order valence-corrected chi connectivity index (χ4v) is 2.90. The Morgan fingerprint density at radius 3 is 2.84 bits per heavy atom. The highest BCUT2D eigenvalue weighted by atomic mass is 35.5. The van der Waals surface area contributed by atoms with E-state index in [1.165, 1.54) is 23.1 Å². The predicted octanol–water partition coefficient (Wildman–Crippen LogP) is 3.16. The largest absolute Gasteiger partial charge is 0.349 e. The first-order valence-corrected chi connectivity index (χ1v) is 7.83. The number of nitrogens with zero attached hydrogens (tertiary/aromatic N) is 2. The highest BCUT2D eigenvalue weighted by Gasteiger charge is 2.10. The first kappa shape index (κ1) is 14.3. The van der Waals surface area contributed by atoms with Gasteiger partial charge in [0.2, 0.25) is 5.91 Å². The van der Waals surface area contributed by atoms with Crippen molar-refractivity contribution in [2.45, 2.75) is 17.3 Å². The lowest BCUT2D eigenvalue weighted by Gasteiger charge is -2.13. The third kappa shape index (κ3) is 4.49. The lowest BCUT2D eigenvalue weighted by molar-refractivity contribution is -0.119. The van der Waals surface area contributed by atoms with Crippen LogP contribution in [0.4, 0.5) is 0 Å². The highest BCUT2D eigenvalue weighted by Crippen LogP contribution is 2.19. The van der Waals surface area contributed by atoms with Gasteiger partial charge in [0.15, 0.2) is 4.34 Å². The molecular weight excluding hydrogens is 302 g/mol. The predicted molar refractivity (Wildman–Crippen MR) is 78.6 cm³/mol. The van der Waals surface area contributed by atoms with Crippen LogP contribution in [0, 0.1) is 0 Å².